The van der Waals surface area contributed by atoms with Crippen molar-refractivity contribution in [1.29, 1.82) is 0 Å². The van der Waals surface area contributed by atoms with E-state index in [-0.39, 0.29) is 11.3 Å². The van der Waals surface area contributed by atoms with E-state index < -0.39 is 7.05 Å². The van der Waals surface area contributed by atoms with Crippen LogP contribution in [0.5, 0.6) is 0 Å². The number of rotatable bonds is 2. The summed E-state index contributed by atoms with van der Waals surface area (Å²) in [5, 5.41) is 9.30. The summed E-state index contributed by atoms with van der Waals surface area (Å²) in [4.78, 5) is 13.0. The number of nitrogens with zero attached hydrogens (tertiary/aromatic N) is 1. The van der Waals surface area contributed by atoms with E-state index in [0.29, 0.717) is 0 Å². The van der Waals surface area contributed by atoms with Crippen LogP contribution in [-0.4, -0.2) is 35.9 Å². The smallest absolute Gasteiger partial charge is 0.376 e. The molecule has 1 heterocycles. The van der Waals surface area contributed by atoms with Gasteiger partial charge < -0.3 is 15.6 Å². The molecule has 1 aliphatic rings. The van der Waals surface area contributed by atoms with Crippen LogP contribution in [0.15, 0.2) is 0 Å². The predicted octanol–water partition coefficient (Wildman–Crippen LogP) is -0.316. The lowest BCUT2D eigenvalue weighted by Crippen LogP contribution is -2.49. The molecule has 0 aromatic heterocycles. The first-order valence-corrected chi connectivity index (χ1v) is 4.68. The average Bonchev–Trinajstić information content (AvgIpc) is 2.04. The van der Waals surface area contributed by atoms with Crippen LogP contribution in [0.1, 0.15) is 19.8 Å². The number of hydrogen-bond donors (Lipinski definition) is 2. The lowest BCUT2D eigenvalue weighted by atomic mass is 9.74. The fourth-order valence-corrected chi connectivity index (χ4v) is 1.64. The van der Waals surface area contributed by atoms with E-state index in [1.165, 1.54) is 0 Å². The Bertz CT molecular complexity index is 200. The van der Waals surface area contributed by atoms with E-state index in [9.17, 15) is 9.82 Å². The van der Waals surface area contributed by atoms with Gasteiger partial charge >= 0.3 is 7.05 Å². The van der Waals surface area contributed by atoms with Gasteiger partial charge in [0.1, 0.15) is 0 Å². The number of piperidine rings is 1. The van der Waals surface area contributed by atoms with Gasteiger partial charge in [-0.2, -0.15) is 0 Å². The largest absolute Gasteiger partial charge is 0.437 e. The fourth-order valence-electron chi connectivity index (χ4n) is 1.64. The number of amides is 1. The van der Waals surface area contributed by atoms with Crippen molar-refractivity contribution in [1.82, 2.24) is 4.81 Å². The summed E-state index contributed by atoms with van der Waals surface area (Å²) in [7, 11) is -0.419. The first kappa shape index (κ1) is 10.5. The summed E-state index contributed by atoms with van der Waals surface area (Å²) >= 11 is 0. The maximum absolute atomic E-state index is 11.1. The van der Waals surface area contributed by atoms with E-state index in [2.05, 4.69) is 0 Å². The SMILES string of the molecule is CB(O)N1CCC(C)(C(N)=O)CC1. The standard InChI is InChI=1S/C8H17BN2O2/c1-8(7(10)12)3-5-11(6-4-8)9(2)13/h13H,3-6H2,1-2H3,(H2,10,12). The van der Waals surface area contributed by atoms with Gasteiger partial charge in [-0.25, -0.2) is 0 Å². The molecular weight excluding hydrogens is 167 g/mol. The minimum atomic E-state index is -0.419. The molecular formula is C8H17BN2O2. The second-order valence-electron chi connectivity index (χ2n) is 4.09. The quantitative estimate of drug-likeness (QED) is 0.578. The number of hydrogen-bond acceptors (Lipinski definition) is 3. The van der Waals surface area contributed by atoms with Crippen LogP contribution in [0.25, 0.3) is 0 Å². The fraction of sp³-hybridized carbons (Fsp3) is 0.875. The van der Waals surface area contributed by atoms with Gasteiger partial charge in [-0.05, 0) is 32.8 Å². The lowest BCUT2D eigenvalue weighted by Gasteiger charge is -2.37. The molecule has 0 spiro atoms. The van der Waals surface area contributed by atoms with Gasteiger partial charge in [0.2, 0.25) is 5.91 Å². The Morgan fingerprint density at radius 2 is 2.00 bits per heavy atom. The topological polar surface area (TPSA) is 66.6 Å². The molecule has 3 N–H and O–H groups in total. The number of carbonyl (C=O) groups is 1. The van der Waals surface area contributed by atoms with E-state index in [4.69, 9.17) is 5.73 Å². The van der Waals surface area contributed by atoms with E-state index in [1.54, 1.807) is 6.82 Å². The molecule has 1 aliphatic heterocycles. The van der Waals surface area contributed by atoms with Crippen molar-refractivity contribution in [3.63, 3.8) is 0 Å². The van der Waals surface area contributed by atoms with Gasteiger partial charge in [-0.3, -0.25) is 4.79 Å². The molecule has 13 heavy (non-hydrogen) atoms. The maximum Gasteiger partial charge on any atom is 0.376 e. The molecule has 74 valence electrons. The first-order chi connectivity index (χ1) is 5.96. The molecule has 0 aliphatic carbocycles. The van der Waals surface area contributed by atoms with Gasteiger partial charge in [-0.1, -0.05) is 6.92 Å². The summed E-state index contributed by atoms with van der Waals surface area (Å²) in [5.41, 5.74) is 4.93. The van der Waals surface area contributed by atoms with Crippen molar-refractivity contribution in [3.05, 3.63) is 0 Å². The number of primary amides is 1. The normalized spacial score (nSPS) is 22.7. The lowest BCUT2D eigenvalue weighted by molar-refractivity contribution is -0.128. The maximum atomic E-state index is 11.1. The van der Waals surface area contributed by atoms with Crippen molar-refractivity contribution >= 4 is 13.0 Å². The molecule has 0 unspecified atom stereocenters. The molecule has 1 amide bonds. The zero-order valence-corrected chi connectivity index (χ0v) is 8.29. The molecule has 1 fully saturated rings. The van der Waals surface area contributed by atoms with Crippen molar-refractivity contribution in [3.8, 4) is 0 Å². The van der Waals surface area contributed by atoms with Gasteiger partial charge in [0.05, 0.1) is 0 Å². The van der Waals surface area contributed by atoms with Crippen molar-refractivity contribution in [2.24, 2.45) is 11.1 Å². The molecule has 0 saturated carbocycles. The van der Waals surface area contributed by atoms with Gasteiger partial charge in [-0.15, -0.1) is 0 Å². The van der Waals surface area contributed by atoms with Crippen LogP contribution in [0.3, 0.4) is 0 Å². The molecule has 5 heteroatoms. The third-order valence-electron chi connectivity index (χ3n) is 3.02. The minimum Gasteiger partial charge on any atom is -0.437 e. The van der Waals surface area contributed by atoms with E-state index in [1.807, 2.05) is 11.7 Å². The summed E-state index contributed by atoms with van der Waals surface area (Å²) in [6.07, 6.45) is 1.49. The molecule has 0 bridgehead atoms. The van der Waals surface area contributed by atoms with Gasteiger partial charge in [0.15, 0.2) is 0 Å². The number of carbonyl (C=O) groups excluding carboxylic acids is 1. The minimum absolute atomic E-state index is 0.224. The van der Waals surface area contributed by atoms with Crippen molar-refractivity contribution in [2.75, 3.05) is 13.1 Å². The highest BCUT2D eigenvalue weighted by atomic mass is 16.2. The average molecular weight is 184 g/mol. The molecule has 0 aromatic carbocycles. The van der Waals surface area contributed by atoms with E-state index >= 15 is 0 Å². The Labute approximate surface area is 79.2 Å². The van der Waals surface area contributed by atoms with Gasteiger partial charge in [0, 0.05) is 5.41 Å². The molecule has 0 radical (unpaired) electrons. The Balaban J connectivity index is 2.51. The Hall–Kier alpha value is -0.545. The Morgan fingerprint density at radius 3 is 2.31 bits per heavy atom. The zero-order valence-electron chi connectivity index (χ0n) is 8.29. The van der Waals surface area contributed by atoms with Crippen LogP contribution < -0.4 is 5.73 Å². The summed E-state index contributed by atoms with van der Waals surface area (Å²) in [6.45, 7) is 5.13. The second-order valence-corrected chi connectivity index (χ2v) is 4.09. The molecule has 1 rings (SSSR count). The van der Waals surface area contributed by atoms with Crippen LogP contribution in [0.2, 0.25) is 6.82 Å². The molecule has 1 saturated heterocycles. The van der Waals surface area contributed by atoms with Crippen molar-refractivity contribution in [2.45, 2.75) is 26.6 Å². The van der Waals surface area contributed by atoms with Crippen molar-refractivity contribution < 1.29 is 9.82 Å². The molecule has 0 aromatic rings. The van der Waals surface area contributed by atoms with Crippen LogP contribution in [0.4, 0.5) is 0 Å². The highest BCUT2D eigenvalue weighted by Crippen LogP contribution is 2.30. The Morgan fingerprint density at radius 1 is 1.54 bits per heavy atom. The highest BCUT2D eigenvalue weighted by molar-refractivity contribution is 6.45. The molecule has 4 nitrogen and oxygen atoms in total. The van der Waals surface area contributed by atoms with Crippen LogP contribution in [-0.2, 0) is 4.79 Å². The first-order valence-electron chi connectivity index (χ1n) is 4.68. The predicted molar refractivity (Wildman–Crippen MR) is 51.9 cm³/mol. The summed E-state index contributed by atoms with van der Waals surface area (Å²) in [5.74, 6) is -0.224. The zero-order chi connectivity index (χ0) is 10.1. The van der Waals surface area contributed by atoms with Crippen LogP contribution >= 0.6 is 0 Å². The Kier molecular flexibility index (Phi) is 2.98. The molecule has 0 atom stereocenters. The summed E-state index contributed by atoms with van der Waals surface area (Å²) < 4.78 is 0. The van der Waals surface area contributed by atoms with Gasteiger partial charge in [0.25, 0.3) is 0 Å². The van der Waals surface area contributed by atoms with E-state index in [0.717, 1.165) is 25.9 Å². The van der Waals surface area contributed by atoms with Crippen LogP contribution in [0, 0.1) is 5.41 Å². The summed E-state index contributed by atoms with van der Waals surface area (Å²) in [6, 6.07) is 0. The monoisotopic (exact) mass is 184 g/mol. The second kappa shape index (κ2) is 3.68. The third-order valence-corrected chi connectivity index (χ3v) is 3.02. The highest BCUT2D eigenvalue weighted by Gasteiger charge is 2.36. The third kappa shape index (κ3) is 2.22. The number of nitrogens with two attached hydrogens (primary N) is 1.